The van der Waals surface area contributed by atoms with E-state index in [0.717, 1.165) is 13.0 Å². The number of aromatic nitrogens is 2. The maximum absolute atomic E-state index is 12.3. The molecule has 0 bridgehead atoms. The predicted octanol–water partition coefficient (Wildman–Crippen LogP) is 2.29. The number of hydrogen-bond acceptors (Lipinski definition) is 6. The first kappa shape index (κ1) is 19.9. The zero-order chi connectivity index (χ0) is 18.9. The third-order valence-corrected chi connectivity index (χ3v) is 4.28. The summed E-state index contributed by atoms with van der Waals surface area (Å²) in [7, 11) is 0. The fraction of sp³-hybridized carbons (Fsp3) is 0.667. The highest BCUT2D eigenvalue weighted by atomic mass is 16.6. The number of carbonyl (C=O) groups excluding carboxylic acids is 2. The molecule has 0 aliphatic carbocycles. The van der Waals surface area contributed by atoms with Gasteiger partial charge in [0.15, 0.2) is 0 Å². The van der Waals surface area contributed by atoms with Gasteiger partial charge in [0.25, 0.3) is 5.91 Å². The molecule has 0 unspecified atom stereocenters. The minimum absolute atomic E-state index is 0.0389. The summed E-state index contributed by atoms with van der Waals surface area (Å²) < 4.78 is 5.00. The fourth-order valence-corrected chi connectivity index (χ4v) is 2.70. The van der Waals surface area contributed by atoms with E-state index in [1.54, 1.807) is 11.8 Å². The molecule has 1 fully saturated rings. The summed E-state index contributed by atoms with van der Waals surface area (Å²) in [4.78, 5) is 34.1. The number of likely N-dealkylation sites (tertiary alicyclic amines) is 1. The number of amides is 2. The summed E-state index contributed by atoms with van der Waals surface area (Å²) in [6.45, 7) is 8.45. The molecule has 0 atom stereocenters. The second-order valence-corrected chi connectivity index (χ2v) is 6.84. The van der Waals surface area contributed by atoms with Gasteiger partial charge in [0.05, 0.1) is 12.2 Å². The van der Waals surface area contributed by atoms with Gasteiger partial charge in [0.1, 0.15) is 0 Å². The van der Waals surface area contributed by atoms with Gasteiger partial charge in [-0.25, -0.2) is 14.8 Å². The number of carbonyl (C=O) groups is 2. The van der Waals surface area contributed by atoms with E-state index in [9.17, 15) is 9.59 Å². The van der Waals surface area contributed by atoms with Gasteiger partial charge in [0.2, 0.25) is 5.95 Å². The molecule has 0 aromatic carbocycles. The van der Waals surface area contributed by atoms with Gasteiger partial charge in [-0.15, -0.1) is 0 Å². The van der Waals surface area contributed by atoms with E-state index in [1.807, 2.05) is 0 Å². The molecule has 2 heterocycles. The average molecular weight is 363 g/mol. The standard InChI is InChI=1S/C18H29N5O3/c1-4-26-18(25)23-9-6-15(7-10-23)22-16(24)14-11-20-17(21-12-14)19-8-5-13(2)3/h11-13,15H,4-10H2,1-3H3,(H,22,24)(H,19,20,21). The first-order valence-corrected chi connectivity index (χ1v) is 9.28. The minimum Gasteiger partial charge on any atom is -0.450 e. The number of anilines is 1. The second kappa shape index (κ2) is 9.94. The van der Waals surface area contributed by atoms with Gasteiger partial charge in [-0.1, -0.05) is 13.8 Å². The maximum Gasteiger partial charge on any atom is 0.409 e. The lowest BCUT2D eigenvalue weighted by Crippen LogP contribution is -2.46. The largest absolute Gasteiger partial charge is 0.450 e. The first-order valence-electron chi connectivity index (χ1n) is 9.28. The Balaban J connectivity index is 1.77. The Morgan fingerprint density at radius 2 is 1.92 bits per heavy atom. The number of hydrogen-bond donors (Lipinski definition) is 2. The van der Waals surface area contributed by atoms with Crippen LogP contribution in [-0.2, 0) is 4.74 Å². The third kappa shape index (κ3) is 6.16. The number of nitrogens with zero attached hydrogens (tertiary/aromatic N) is 3. The molecule has 26 heavy (non-hydrogen) atoms. The van der Waals surface area contributed by atoms with E-state index >= 15 is 0 Å². The van der Waals surface area contributed by atoms with E-state index in [-0.39, 0.29) is 18.0 Å². The van der Waals surface area contributed by atoms with Gasteiger partial charge in [-0.3, -0.25) is 4.79 Å². The van der Waals surface area contributed by atoms with Gasteiger partial charge >= 0.3 is 6.09 Å². The highest BCUT2D eigenvalue weighted by Crippen LogP contribution is 2.12. The smallest absolute Gasteiger partial charge is 0.409 e. The Morgan fingerprint density at radius 3 is 2.50 bits per heavy atom. The Kier molecular flexibility index (Phi) is 7.62. The van der Waals surface area contributed by atoms with E-state index in [4.69, 9.17) is 4.74 Å². The molecule has 144 valence electrons. The molecule has 0 radical (unpaired) electrons. The minimum atomic E-state index is -0.286. The molecule has 8 heteroatoms. The summed E-state index contributed by atoms with van der Waals surface area (Å²) in [5, 5.41) is 6.13. The zero-order valence-electron chi connectivity index (χ0n) is 15.8. The van der Waals surface area contributed by atoms with Crippen LogP contribution in [0.5, 0.6) is 0 Å². The van der Waals surface area contributed by atoms with Crippen LogP contribution in [0.2, 0.25) is 0 Å². The number of piperidine rings is 1. The molecule has 1 aromatic rings. The summed E-state index contributed by atoms with van der Waals surface area (Å²) in [5.41, 5.74) is 0.437. The Hall–Kier alpha value is -2.38. The van der Waals surface area contributed by atoms with Gasteiger partial charge < -0.3 is 20.3 Å². The second-order valence-electron chi connectivity index (χ2n) is 6.84. The number of ether oxygens (including phenoxy) is 1. The highest BCUT2D eigenvalue weighted by molar-refractivity contribution is 5.93. The van der Waals surface area contributed by atoms with E-state index in [2.05, 4.69) is 34.4 Å². The Labute approximate surface area is 154 Å². The monoisotopic (exact) mass is 363 g/mol. The lowest BCUT2D eigenvalue weighted by molar-refractivity contribution is 0.0859. The SMILES string of the molecule is CCOC(=O)N1CCC(NC(=O)c2cnc(NCCC(C)C)nc2)CC1. The van der Waals surface area contributed by atoms with Crippen LogP contribution in [0.4, 0.5) is 10.7 Å². The molecular weight excluding hydrogens is 334 g/mol. The molecule has 0 saturated carbocycles. The predicted molar refractivity (Wildman–Crippen MR) is 99.1 cm³/mol. The molecule has 2 rings (SSSR count). The van der Waals surface area contributed by atoms with Gasteiger partial charge in [-0.05, 0) is 32.1 Å². The molecular formula is C18H29N5O3. The normalized spacial score (nSPS) is 15.0. The van der Waals surface area contributed by atoms with Crippen molar-refractivity contribution < 1.29 is 14.3 Å². The maximum atomic E-state index is 12.3. The van der Waals surface area contributed by atoms with Gasteiger partial charge in [-0.2, -0.15) is 0 Å². The topological polar surface area (TPSA) is 96.5 Å². The van der Waals surface area contributed by atoms with Crippen molar-refractivity contribution in [2.75, 3.05) is 31.6 Å². The van der Waals surface area contributed by atoms with Crippen LogP contribution in [0.15, 0.2) is 12.4 Å². The molecule has 1 aliphatic rings. The summed E-state index contributed by atoms with van der Waals surface area (Å²) in [6.07, 6.45) is 5.24. The van der Waals surface area contributed by atoms with E-state index < -0.39 is 0 Å². The summed E-state index contributed by atoms with van der Waals surface area (Å²) in [5.74, 6) is 0.959. The molecule has 0 spiro atoms. The van der Waals surface area contributed by atoms with Crippen molar-refractivity contribution in [1.82, 2.24) is 20.2 Å². The molecule has 1 aromatic heterocycles. The zero-order valence-corrected chi connectivity index (χ0v) is 15.8. The van der Waals surface area contributed by atoms with Crippen LogP contribution >= 0.6 is 0 Å². The third-order valence-electron chi connectivity index (χ3n) is 4.28. The highest BCUT2D eigenvalue weighted by Gasteiger charge is 2.24. The Morgan fingerprint density at radius 1 is 1.27 bits per heavy atom. The first-order chi connectivity index (χ1) is 12.5. The van der Waals surface area contributed by atoms with E-state index in [1.165, 1.54) is 12.4 Å². The van der Waals surface area contributed by atoms with Crippen molar-refractivity contribution in [1.29, 1.82) is 0 Å². The lowest BCUT2D eigenvalue weighted by atomic mass is 10.1. The molecule has 1 saturated heterocycles. The van der Waals surface area contributed by atoms with Crippen LogP contribution in [0.3, 0.4) is 0 Å². The van der Waals surface area contributed by atoms with Crippen molar-refractivity contribution >= 4 is 17.9 Å². The molecule has 2 amide bonds. The molecule has 1 aliphatic heterocycles. The van der Waals surface area contributed by atoms with Crippen LogP contribution < -0.4 is 10.6 Å². The van der Waals surface area contributed by atoms with Crippen LogP contribution in [-0.4, -0.2) is 59.2 Å². The molecule has 2 N–H and O–H groups in total. The van der Waals surface area contributed by atoms with Crippen molar-refractivity contribution in [2.45, 2.75) is 46.1 Å². The molecule has 8 nitrogen and oxygen atoms in total. The van der Waals surface area contributed by atoms with Crippen molar-refractivity contribution in [3.63, 3.8) is 0 Å². The lowest BCUT2D eigenvalue weighted by Gasteiger charge is -2.31. The number of nitrogens with one attached hydrogen (secondary N) is 2. The summed E-state index contributed by atoms with van der Waals surface area (Å²) in [6, 6.07) is 0.0389. The quantitative estimate of drug-likeness (QED) is 0.771. The van der Waals surface area contributed by atoms with Crippen LogP contribution in [0.1, 0.15) is 50.4 Å². The number of rotatable bonds is 7. The van der Waals surface area contributed by atoms with Crippen molar-refractivity contribution in [3.8, 4) is 0 Å². The van der Waals surface area contributed by atoms with Crippen molar-refractivity contribution in [2.24, 2.45) is 5.92 Å². The Bertz CT molecular complexity index is 583. The van der Waals surface area contributed by atoms with Crippen LogP contribution in [0.25, 0.3) is 0 Å². The van der Waals surface area contributed by atoms with Gasteiger partial charge in [0, 0.05) is 38.1 Å². The van der Waals surface area contributed by atoms with Crippen LogP contribution in [0, 0.1) is 5.92 Å². The summed E-state index contributed by atoms with van der Waals surface area (Å²) >= 11 is 0. The van der Waals surface area contributed by atoms with E-state index in [0.29, 0.717) is 50.0 Å². The average Bonchev–Trinajstić information content (AvgIpc) is 2.63. The fourth-order valence-electron chi connectivity index (χ4n) is 2.70. The van der Waals surface area contributed by atoms with Crippen molar-refractivity contribution in [3.05, 3.63) is 18.0 Å².